The number of thiophene rings is 1. The lowest BCUT2D eigenvalue weighted by Crippen LogP contribution is -2.43. The molecular formula is C17H22N2O3S. The van der Waals surface area contributed by atoms with Crippen molar-refractivity contribution >= 4 is 23.2 Å². The third-order valence-corrected chi connectivity index (χ3v) is 4.58. The molecule has 0 fully saturated rings. The predicted molar refractivity (Wildman–Crippen MR) is 90.8 cm³/mol. The second-order valence-corrected chi connectivity index (χ2v) is 6.48. The van der Waals surface area contributed by atoms with Crippen molar-refractivity contribution in [3.63, 3.8) is 0 Å². The summed E-state index contributed by atoms with van der Waals surface area (Å²) >= 11 is 1.65. The van der Waals surface area contributed by atoms with Crippen LogP contribution in [0.1, 0.15) is 34.4 Å². The predicted octanol–water partition coefficient (Wildman–Crippen LogP) is 2.78. The number of nitrogens with one attached hydrogen (secondary N) is 1. The van der Waals surface area contributed by atoms with Gasteiger partial charge in [-0.25, -0.2) is 0 Å². The summed E-state index contributed by atoms with van der Waals surface area (Å²) in [5, 5.41) is 6.77. The van der Waals surface area contributed by atoms with E-state index < -0.39 is 0 Å². The maximum atomic E-state index is 12.2. The monoisotopic (exact) mass is 334 g/mol. The Hall–Kier alpha value is -2.08. The molecule has 0 spiro atoms. The molecule has 0 unspecified atom stereocenters. The van der Waals surface area contributed by atoms with E-state index in [-0.39, 0.29) is 24.4 Å². The van der Waals surface area contributed by atoms with Gasteiger partial charge in [-0.3, -0.25) is 9.59 Å². The summed E-state index contributed by atoms with van der Waals surface area (Å²) in [4.78, 5) is 26.0. The zero-order valence-electron chi connectivity index (χ0n) is 13.9. The minimum Gasteiger partial charge on any atom is -0.466 e. The molecule has 6 heteroatoms. The van der Waals surface area contributed by atoms with E-state index in [4.69, 9.17) is 4.42 Å². The highest BCUT2D eigenvalue weighted by atomic mass is 32.1. The summed E-state index contributed by atoms with van der Waals surface area (Å²) in [6.07, 6.45) is 0.805. The van der Waals surface area contributed by atoms with Crippen LogP contribution in [0.3, 0.4) is 0 Å². The average Bonchev–Trinajstić information content (AvgIpc) is 3.12. The molecule has 2 aromatic heterocycles. The summed E-state index contributed by atoms with van der Waals surface area (Å²) < 4.78 is 5.33. The second-order valence-electron chi connectivity index (χ2n) is 5.70. The standard InChI is InChI=1S/C17H22N2O3S/c1-11(7-14-5-6-23-10-14)19(4)16(20)9-18-17(21)15-8-12(2)22-13(15)3/h5-6,8,10-11H,7,9H2,1-4H3,(H,18,21)/t11-/m1/s1. The fraction of sp³-hybridized carbons (Fsp3) is 0.412. The number of hydrogen-bond donors (Lipinski definition) is 1. The smallest absolute Gasteiger partial charge is 0.255 e. The highest BCUT2D eigenvalue weighted by molar-refractivity contribution is 7.07. The van der Waals surface area contributed by atoms with Gasteiger partial charge in [0.1, 0.15) is 11.5 Å². The van der Waals surface area contributed by atoms with Gasteiger partial charge in [-0.15, -0.1) is 0 Å². The first-order valence-corrected chi connectivity index (χ1v) is 8.44. The Morgan fingerprint density at radius 3 is 2.70 bits per heavy atom. The molecule has 1 N–H and O–H groups in total. The molecule has 124 valence electrons. The molecular weight excluding hydrogens is 312 g/mol. The fourth-order valence-electron chi connectivity index (χ4n) is 2.36. The first-order chi connectivity index (χ1) is 10.9. The Labute approximate surface area is 140 Å². The van der Waals surface area contributed by atoms with Gasteiger partial charge in [-0.1, -0.05) is 0 Å². The van der Waals surface area contributed by atoms with Crippen LogP contribution in [-0.4, -0.2) is 36.3 Å². The van der Waals surface area contributed by atoms with Gasteiger partial charge in [-0.2, -0.15) is 11.3 Å². The molecule has 0 aliphatic carbocycles. The van der Waals surface area contributed by atoms with Crippen LogP contribution in [0.2, 0.25) is 0 Å². The van der Waals surface area contributed by atoms with E-state index in [0.29, 0.717) is 17.1 Å². The number of rotatable bonds is 6. The summed E-state index contributed by atoms with van der Waals surface area (Å²) in [6.45, 7) is 5.50. The van der Waals surface area contributed by atoms with Gasteiger partial charge in [-0.05, 0) is 55.6 Å². The Morgan fingerprint density at radius 2 is 2.13 bits per heavy atom. The Balaban J connectivity index is 1.86. The van der Waals surface area contributed by atoms with Crippen LogP contribution in [0.5, 0.6) is 0 Å². The minimum atomic E-state index is -0.286. The lowest BCUT2D eigenvalue weighted by atomic mass is 10.1. The van der Waals surface area contributed by atoms with Crippen molar-refractivity contribution in [2.45, 2.75) is 33.2 Å². The molecule has 0 saturated carbocycles. The van der Waals surface area contributed by atoms with Gasteiger partial charge >= 0.3 is 0 Å². The quantitative estimate of drug-likeness (QED) is 0.883. The minimum absolute atomic E-state index is 0.0209. The van der Waals surface area contributed by atoms with E-state index >= 15 is 0 Å². The van der Waals surface area contributed by atoms with E-state index in [2.05, 4.69) is 16.8 Å². The third-order valence-electron chi connectivity index (χ3n) is 3.85. The molecule has 2 rings (SSSR count). The first kappa shape index (κ1) is 17.3. The van der Waals surface area contributed by atoms with Crippen LogP contribution < -0.4 is 5.32 Å². The summed E-state index contributed by atoms with van der Waals surface area (Å²) in [5.41, 5.74) is 1.69. The summed E-state index contributed by atoms with van der Waals surface area (Å²) in [5.74, 6) is 0.845. The van der Waals surface area contributed by atoms with Crippen molar-refractivity contribution in [1.82, 2.24) is 10.2 Å². The Morgan fingerprint density at radius 1 is 1.39 bits per heavy atom. The average molecular weight is 334 g/mol. The molecule has 0 saturated heterocycles. The normalized spacial score (nSPS) is 12.0. The van der Waals surface area contributed by atoms with E-state index in [1.165, 1.54) is 5.56 Å². The Kier molecular flexibility index (Phi) is 5.60. The molecule has 2 amide bonds. The summed E-state index contributed by atoms with van der Waals surface area (Å²) in [7, 11) is 1.76. The van der Waals surface area contributed by atoms with E-state index in [0.717, 1.165) is 6.42 Å². The van der Waals surface area contributed by atoms with Crippen LogP contribution in [0, 0.1) is 13.8 Å². The van der Waals surface area contributed by atoms with Crippen molar-refractivity contribution in [3.8, 4) is 0 Å². The molecule has 0 aromatic carbocycles. The fourth-order valence-corrected chi connectivity index (χ4v) is 3.05. The largest absolute Gasteiger partial charge is 0.466 e. The van der Waals surface area contributed by atoms with Crippen molar-refractivity contribution in [3.05, 3.63) is 45.5 Å². The molecule has 23 heavy (non-hydrogen) atoms. The van der Waals surface area contributed by atoms with E-state index in [1.54, 1.807) is 43.2 Å². The number of nitrogens with zero attached hydrogens (tertiary/aromatic N) is 1. The van der Waals surface area contributed by atoms with E-state index in [1.807, 2.05) is 12.3 Å². The highest BCUT2D eigenvalue weighted by Gasteiger charge is 2.19. The zero-order chi connectivity index (χ0) is 17.0. The molecule has 0 aliphatic heterocycles. The van der Waals surface area contributed by atoms with Crippen LogP contribution in [-0.2, 0) is 11.2 Å². The molecule has 2 heterocycles. The van der Waals surface area contributed by atoms with Crippen LogP contribution in [0.25, 0.3) is 0 Å². The van der Waals surface area contributed by atoms with Gasteiger partial charge in [0, 0.05) is 13.1 Å². The molecule has 2 aromatic rings. The van der Waals surface area contributed by atoms with E-state index in [9.17, 15) is 9.59 Å². The Bertz CT molecular complexity index is 676. The summed E-state index contributed by atoms with van der Waals surface area (Å²) in [6, 6.07) is 3.82. The van der Waals surface area contributed by atoms with Crippen molar-refractivity contribution in [2.24, 2.45) is 0 Å². The molecule has 5 nitrogen and oxygen atoms in total. The number of hydrogen-bond acceptors (Lipinski definition) is 4. The zero-order valence-corrected chi connectivity index (χ0v) is 14.7. The molecule has 1 atom stereocenters. The van der Waals surface area contributed by atoms with Gasteiger partial charge in [0.15, 0.2) is 0 Å². The molecule has 0 aliphatic rings. The second kappa shape index (κ2) is 7.46. The van der Waals surface area contributed by atoms with Gasteiger partial charge in [0.25, 0.3) is 5.91 Å². The van der Waals surface area contributed by atoms with Crippen LogP contribution >= 0.6 is 11.3 Å². The number of amides is 2. The number of furan rings is 1. The lowest BCUT2D eigenvalue weighted by molar-refractivity contribution is -0.130. The highest BCUT2D eigenvalue weighted by Crippen LogP contribution is 2.14. The lowest BCUT2D eigenvalue weighted by Gasteiger charge is -2.25. The maximum absolute atomic E-state index is 12.2. The molecule has 0 radical (unpaired) electrons. The van der Waals surface area contributed by atoms with Gasteiger partial charge < -0.3 is 14.6 Å². The number of carbonyl (C=O) groups excluding carboxylic acids is 2. The third kappa shape index (κ3) is 4.45. The van der Waals surface area contributed by atoms with Crippen molar-refractivity contribution in [2.75, 3.05) is 13.6 Å². The SMILES string of the molecule is Cc1cc(C(=O)NCC(=O)N(C)[C@H](C)Cc2ccsc2)c(C)o1. The number of likely N-dealkylation sites (N-methyl/N-ethyl adjacent to an activating group) is 1. The maximum Gasteiger partial charge on any atom is 0.255 e. The number of aryl methyl sites for hydroxylation is 2. The first-order valence-electron chi connectivity index (χ1n) is 7.50. The van der Waals surface area contributed by atoms with Crippen molar-refractivity contribution in [1.29, 1.82) is 0 Å². The van der Waals surface area contributed by atoms with Gasteiger partial charge in [0.05, 0.1) is 12.1 Å². The van der Waals surface area contributed by atoms with Crippen LogP contribution in [0.15, 0.2) is 27.3 Å². The molecule has 0 bridgehead atoms. The van der Waals surface area contributed by atoms with Gasteiger partial charge in [0.2, 0.25) is 5.91 Å². The van der Waals surface area contributed by atoms with Crippen LogP contribution in [0.4, 0.5) is 0 Å². The van der Waals surface area contributed by atoms with Crippen molar-refractivity contribution < 1.29 is 14.0 Å². The topological polar surface area (TPSA) is 62.6 Å². The number of carbonyl (C=O) groups is 2.